The van der Waals surface area contributed by atoms with Crippen molar-refractivity contribution in [3.63, 3.8) is 0 Å². The topological polar surface area (TPSA) is 249 Å². The van der Waals surface area contributed by atoms with Crippen molar-refractivity contribution in [1.29, 1.82) is 0 Å². The summed E-state index contributed by atoms with van der Waals surface area (Å²) in [6, 6.07) is 9.08. The van der Waals surface area contributed by atoms with Gasteiger partial charge in [0.2, 0.25) is 11.8 Å². The summed E-state index contributed by atoms with van der Waals surface area (Å²) in [6.07, 6.45) is -0.747. The van der Waals surface area contributed by atoms with Crippen LogP contribution in [-0.4, -0.2) is 96.7 Å². The van der Waals surface area contributed by atoms with Crippen LogP contribution in [0.3, 0.4) is 0 Å². The lowest BCUT2D eigenvalue weighted by atomic mass is 9.94. The molecule has 0 aliphatic carbocycles. The van der Waals surface area contributed by atoms with Gasteiger partial charge >= 0.3 is 12.1 Å². The number of benzene rings is 2. The van der Waals surface area contributed by atoms with Crippen molar-refractivity contribution in [2.45, 2.75) is 123 Å². The van der Waals surface area contributed by atoms with Gasteiger partial charge in [-0.05, 0) is 58.1 Å². The summed E-state index contributed by atoms with van der Waals surface area (Å²) in [6.45, 7) is 11.7. The Balaban J connectivity index is 2.04. The van der Waals surface area contributed by atoms with Gasteiger partial charge in [0.25, 0.3) is 11.6 Å². The number of H-pyrrole nitrogens is 1. The number of hydrogen-bond acceptors (Lipinski definition) is 12. The smallest absolute Gasteiger partial charge is 0.408 e. The minimum atomic E-state index is -1.53. The Morgan fingerprint density at radius 3 is 2.12 bits per heavy atom. The number of rotatable bonds is 19. The van der Waals surface area contributed by atoms with Crippen LogP contribution < -0.4 is 16.4 Å². The molecule has 310 valence electrons. The molecular formula is C40H55N7O10. The highest BCUT2D eigenvalue weighted by Crippen LogP contribution is 2.23. The SMILES string of the molecule is CC[C@H](C)[C@@H](C(=O)OC(C)C)N(C(=O)CC(O)[C@@H](N)Cc1ccc([N+](=O)[O-])cc1)C(=O)[C@H](Cc1c[nH]cn1)NC(=O)[C@H](Cc1ccccc1)NC(=O)OC(C)(C)C. The maximum absolute atomic E-state index is 14.9. The fourth-order valence-corrected chi connectivity index (χ4v) is 5.88. The van der Waals surface area contributed by atoms with E-state index in [4.69, 9.17) is 15.2 Å². The summed E-state index contributed by atoms with van der Waals surface area (Å²) < 4.78 is 11.0. The van der Waals surface area contributed by atoms with E-state index in [0.29, 0.717) is 23.2 Å². The number of hydrogen-bond donors (Lipinski definition) is 5. The molecule has 4 amide bonds. The third-order valence-electron chi connectivity index (χ3n) is 8.93. The predicted molar refractivity (Wildman–Crippen MR) is 209 cm³/mol. The van der Waals surface area contributed by atoms with Crippen LogP contribution in [0.5, 0.6) is 0 Å². The molecule has 0 fully saturated rings. The predicted octanol–water partition coefficient (Wildman–Crippen LogP) is 3.52. The van der Waals surface area contributed by atoms with Crippen LogP contribution in [0.2, 0.25) is 0 Å². The molecule has 17 nitrogen and oxygen atoms in total. The average molecular weight is 794 g/mol. The minimum Gasteiger partial charge on any atom is -0.461 e. The highest BCUT2D eigenvalue weighted by Gasteiger charge is 2.43. The summed E-state index contributed by atoms with van der Waals surface area (Å²) >= 11 is 0. The van der Waals surface area contributed by atoms with E-state index in [9.17, 15) is 39.2 Å². The molecule has 2 aromatic carbocycles. The number of aliphatic hydroxyl groups excluding tert-OH is 1. The Bertz CT molecular complexity index is 1800. The number of nitro benzene ring substituents is 1. The van der Waals surface area contributed by atoms with E-state index in [-0.39, 0.29) is 24.9 Å². The zero-order valence-corrected chi connectivity index (χ0v) is 33.5. The van der Waals surface area contributed by atoms with Crippen molar-refractivity contribution < 1.29 is 43.5 Å². The highest BCUT2D eigenvalue weighted by atomic mass is 16.6. The van der Waals surface area contributed by atoms with E-state index in [1.165, 1.54) is 36.8 Å². The molecule has 0 saturated carbocycles. The third kappa shape index (κ3) is 14.4. The average Bonchev–Trinajstić information content (AvgIpc) is 3.65. The molecule has 17 heteroatoms. The van der Waals surface area contributed by atoms with Crippen molar-refractivity contribution in [2.24, 2.45) is 11.7 Å². The molecule has 57 heavy (non-hydrogen) atoms. The van der Waals surface area contributed by atoms with Crippen molar-refractivity contribution >= 4 is 35.5 Å². The lowest BCUT2D eigenvalue weighted by Gasteiger charge is -2.36. The number of ether oxygens (including phenoxy) is 2. The monoisotopic (exact) mass is 793 g/mol. The molecule has 0 bridgehead atoms. The molecule has 0 saturated heterocycles. The number of nitrogens with one attached hydrogen (secondary N) is 3. The number of nitrogens with two attached hydrogens (primary N) is 1. The van der Waals surface area contributed by atoms with Gasteiger partial charge in [-0.3, -0.25) is 29.4 Å². The number of amides is 4. The molecule has 0 aliphatic rings. The van der Waals surface area contributed by atoms with Crippen molar-refractivity contribution in [3.05, 3.63) is 94.1 Å². The number of imidazole rings is 1. The van der Waals surface area contributed by atoms with E-state index in [1.54, 1.807) is 78.8 Å². The van der Waals surface area contributed by atoms with Gasteiger partial charge in [0.15, 0.2) is 0 Å². The molecule has 0 radical (unpaired) electrons. The van der Waals surface area contributed by atoms with Gasteiger partial charge in [-0.1, -0.05) is 62.7 Å². The van der Waals surface area contributed by atoms with Crippen molar-refractivity contribution in [1.82, 2.24) is 25.5 Å². The summed E-state index contributed by atoms with van der Waals surface area (Å²) in [5, 5.41) is 27.6. The number of aromatic amines is 1. The van der Waals surface area contributed by atoms with Crippen LogP contribution in [0, 0.1) is 16.0 Å². The Morgan fingerprint density at radius 1 is 0.947 bits per heavy atom. The molecular weight excluding hydrogens is 738 g/mol. The van der Waals surface area contributed by atoms with Crippen LogP contribution >= 0.6 is 0 Å². The molecule has 1 heterocycles. The van der Waals surface area contributed by atoms with Gasteiger partial charge in [0.05, 0.1) is 35.6 Å². The second-order valence-corrected chi connectivity index (χ2v) is 15.2. The largest absolute Gasteiger partial charge is 0.461 e. The third-order valence-corrected chi connectivity index (χ3v) is 8.93. The Labute approximate surface area is 332 Å². The minimum absolute atomic E-state index is 0.00687. The van der Waals surface area contributed by atoms with Crippen molar-refractivity contribution in [3.8, 4) is 0 Å². The summed E-state index contributed by atoms with van der Waals surface area (Å²) in [5.74, 6) is -4.26. The van der Waals surface area contributed by atoms with Gasteiger partial charge < -0.3 is 35.9 Å². The number of carbonyl (C=O) groups is 5. The highest BCUT2D eigenvalue weighted by molar-refractivity contribution is 6.03. The number of nitro groups is 1. The second kappa shape index (κ2) is 21.0. The fourth-order valence-electron chi connectivity index (χ4n) is 5.88. The van der Waals surface area contributed by atoms with Crippen LogP contribution in [0.15, 0.2) is 67.1 Å². The maximum atomic E-state index is 14.9. The number of nitrogens with zero attached hydrogens (tertiary/aromatic N) is 3. The van der Waals surface area contributed by atoms with E-state index in [2.05, 4.69) is 20.6 Å². The van der Waals surface area contributed by atoms with Crippen LogP contribution in [0.25, 0.3) is 0 Å². The number of carbonyl (C=O) groups excluding carboxylic acids is 5. The zero-order valence-electron chi connectivity index (χ0n) is 33.5. The van der Waals surface area contributed by atoms with Gasteiger partial charge in [-0.25, -0.2) is 14.6 Å². The molecule has 0 spiro atoms. The Morgan fingerprint density at radius 2 is 1.58 bits per heavy atom. The standard InChI is InChI=1S/C40H55N7O10/c1-8-25(4)35(38(52)56-24(2)3)46(34(49)21-33(48)30(41)18-27-14-16-29(17-15-27)47(54)55)37(51)32(20-28-22-42-23-43-28)44-36(50)31(19-26-12-10-9-11-13-26)45-39(53)57-40(5,6)7/h9-17,22-25,30-33,35,48H,8,18-21,41H2,1-7H3,(H,42,43)(H,44,50)(H,45,53)/t25-,30-,31-,32-,33?,35-/m0/s1. The Kier molecular flexibility index (Phi) is 16.9. The zero-order chi connectivity index (χ0) is 42.4. The van der Waals surface area contributed by atoms with E-state index >= 15 is 0 Å². The first-order chi connectivity index (χ1) is 26.8. The summed E-state index contributed by atoms with van der Waals surface area (Å²) in [7, 11) is 0. The fraction of sp³-hybridized carbons (Fsp3) is 0.500. The lowest BCUT2D eigenvalue weighted by Crippen LogP contribution is -2.61. The van der Waals surface area contributed by atoms with Gasteiger partial charge in [-0.2, -0.15) is 0 Å². The normalized spacial score (nSPS) is 14.6. The Hall–Kier alpha value is -5.68. The number of aromatic nitrogens is 2. The number of alkyl carbamates (subject to hydrolysis) is 1. The second-order valence-electron chi connectivity index (χ2n) is 15.2. The molecule has 6 atom stereocenters. The molecule has 6 N–H and O–H groups in total. The summed E-state index contributed by atoms with van der Waals surface area (Å²) in [4.78, 5) is 88.4. The number of non-ortho nitro benzene ring substituents is 1. The lowest BCUT2D eigenvalue weighted by molar-refractivity contribution is -0.384. The maximum Gasteiger partial charge on any atom is 0.408 e. The van der Waals surface area contributed by atoms with E-state index in [1.807, 2.05) is 0 Å². The number of imide groups is 1. The van der Waals surface area contributed by atoms with Gasteiger partial charge in [-0.15, -0.1) is 0 Å². The van der Waals surface area contributed by atoms with Gasteiger partial charge in [0.1, 0.15) is 23.7 Å². The first kappa shape index (κ1) is 45.7. The van der Waals surface area contributed by atoms with E-state index in [0.717, 1.165) is 4.90 Å². The summed E-state index contributed by atoms with van der Waals surface area (Å²) in [5.41, 5.74) is 6.85. The first-order valence-corrected chi connectivity index (χ1v) is 18.8. The first-order valence-electron chi connectivity index (χ1n) is 18.8. The van der Waals surface area contributed by atoms with Crippen molar-refractivity contribution in [2.75, 3.05) is 0 Å². The quantitative estimate of drug-likeness (QED) is 0.0665. The molecule has 1 unspecified atom stereocenters. The molecule has 3 aromatic rings. The molecule has 0 aliphatic heterocycles. The molecule has 3 rings (SSSR count). The van der Waals surface area contributed by atoms with E-state index < -0.39 is 89.0 Å². The van der Waals surface area contributed by atoms with Gasteiger partial charge in [0, 0.05) is 37.2 Å². The number of aliphatic hydroxyl groups is 1. The van der Waals surface area contributed by atoms with Crippen LogP contribution in [0.1, 0.15) is 78.1 Å². The van der Waals surface area contributed by atoms with Crippen LogP contribution in [0.4, 0.5) is 10.5 Å². The molecule has 1 aromatic heterocycles. The number of esters is 1. The van der Waals surface area contributed by atoms with Crippen LogP contribution in [-0.2, 0) is 47.9 Å².